The van der Waals surface area contributed by atoms with Gasteiger partial charge in [-0.05, 0) is 18.7 Å². The number of hydrogen-bond acceptors (Lipinski definition) is 5. The Kier molecular flexibility index (Phi) is 8.85. The van der Waals surface area contributed by atoms with E-state index >= 15 is 0 Å². The predicted molar refractivity (Wildman–Crippen MR) is 64.2 cm³/mol. The molecule has 0 aromatic carbocycles. The Balaban J connectivity index is 0. The quantitative estimate of drug-likeness (QED) is 0.813. The van der Waals surface area contributed by atoms with Crippen LogP contribution in [0.1, 0.15) is 5.69 Å². The summed E-state index contributed by atoms with van der Waals surface area (Å²) in [6.07, 6.45) is 0. The van der Waals surface area contributed by atoms with E-state index in [9.17, 15) is 8.42 Å². The normalized spacial score (nSPS) is 10.1. The Morgan fingerprint density at radius 2 is 1.78 bits per heavy atom. The molecule has 0 aliphatic heterocycles. The molecule has 0 spiro atoms. The maximum absolute atomic E-state index is 9.92. The summed E-state index contributed by atoms with van der Waals surface area (Å²) in [6, 6.07) is 1.68. The maximum atomic E-state index is 9.92. The summed E-state index contributed by atoms with van der Waals surface area (Å²) in [5.74, 6) is 0.439. The van der Waals surface area contributed by atoms with Gasteiger partial charge in [0, 0.05) is 20.0 Å². The molecule has 1 rings (SSSR count). The molecule has 1 heterocycles. The molecule has 18 heavy (non-hydrogen) atoms. The van der Waals surface area contributed by atoms with Gasteiger partial charge < -0.3 is 25.6 Å². The summed E-state index contributed by atoms with van der Waals surface area (Å²) in [5.41, 5.74) is 7.82. The summed E-state index contributed by atoms with van der Waals surface area (Å²) in [7, 11) is 0.473. The van der Waals surface area contributed by atoms with Crippen LogP contribution >= 0.6 is 0 Å². The molecule has 1 aromatic heterocycles. The van der Waals surface area contributed by atoms with Gasteiger partial charge in [-0.15, -0.1) is 0 Å². The Morgan fingerprint density at radius 1 is 1.33 bits per heavy atom. The van der Waals surface area contributed by atoms with Gasteiger partial charge in [0.15, 0.2) is 0 Å². The summed E-state index contributed by atoms with van der Waals surface area (Å²) in [6.45, 7) is 1.79. The third kappa shape index (κ3) is 8.19. The smallest absolute Gasteiger partial charge is 0.550 e. The van der Waals surface area contributed by atoms with Crippen molar-refractivity contribution in [3.05, 3.63) is 22.6 Å². The first-order valence-electron chi connectivity index (χ1n) is 4.45. The topological polar surface area (TPSA) is 120 Å². The summed E-state index contributed by atoms with van der Waals surface area (Å²) < 4.78 is 25.5. The van der Waals surface area contributed by atoms with Crippen LogP contribution in [-0.4, -0.2) is 43.9 Å². The van der Waals surface area contributed by atoms with Gasteiger partial charge in [0.25, 0.3) is 0 Å². The molecular formula is C8H15CoN5O3S. The second-order valence-electron chi connectivity index (χ2n) is 3.16. The minimum absolute atomic E-state index is 0. The molecule has 0 saturated carbocycles. The first kappa shape index (κ1) is 19.4. The van der Waals surface area contributed by atoms with E-state index in [0.29, 0.717) is 5.88 Å². The van der Waals surface area contributed by atoms with Crippen LogP contribution in [0.5, 0.6) is 5.88 Å². The SMILES string of the molecule is CN(C)S([NH-])(=O)=O.COc1cc(C)nc([NH-])n1.[Co+2]. The molecule has 105 valence electrons. The molecular weight excluding hydrogens is 305 g/mol. The van der Waals surface area contributed by atoms with E-state index in [2.05, 4.69) is 9.97 Å². The van der Waals surface area contributed by atoms with Gasteiger partial charge in [0.2, 0.25) is 0 Å². The van der Waals surface area contributed by atoms with Crippen molar-refractivity contribution < 1.29 is 29.9 Å². The molecule has 0 unspecified atom stereocenters. The molecule has 0 fully saturated rings. The van der Waals surface area contributed by atoms with Gasteiger partial charge in [-0.25, -0.2) is 12.7 Å². The first-order chi connectivity index (χ1) is 7.66. The Hall–Kier alpha value is -0.944. The van der Waals surface area contributed by atoms with Gasteiger partial charge in [-0.1, -0.05) is 0 Å². The minimum atomic E-state index is -3.66. The molecule has 0 aliphatic carbocycles. The zero-order chi connectivity index (χ0) is 13.6. The third-order valence-corrected chi connectivity index (χ3v) is 2.48. The largest absolute Gasteiger partial charge is 2.00 e. The van der Waals surface area contributed by atoms with Gasteiger partial charge in [-0.2, -0.15) is 0 Å². The fourth-order valence-electron chi connectivity index (χ4n) is 0.644. The van der Waals surface area contributed by atoms with Crippen LogP contribution in [0.3, 0.4) is 0 Å². The standard InChI is InChI=1S/C6H8N3O.C2H7N2O2S.Co/c1-4-3-5(10-2)9-6(7)8-4;1-4(2)7(3,5)6;/h3H,1-2H3,(H-,7,8,9);1-2H3,(H-,3,5,6);/q2*-1;+2. The van der Waals surface area contributed by atoms with Crippen molar-refractivity contribution in [2.24, 2.45) is 0 Å². The number of methoxy groups -OCH3 is 1. The van der Waals surface area contributed by atoms with Gasteiger partial charge in [0.1, 0.15) is 16.1 Å². The molecule has 0 aliphatic rings. The molecule has 10 heteroatoms. The summed E-state index contributed by atoms with van der Waals surface area (Å²) in [5, 5.41) is 6.28. The van der Waals surface area contributed by atoms with Crippen molar-refractivity contribution in [2.45, 2.75) is 6.92 Å². The average Bonchev–Trinajstić information content (AvgIpc) is 2.15. The predicted octanol–water partition coefficient (Wildman–Crippen LogP) is 1.32. The summed E-state index contributed by atoms with van der Waals surface area (Å²) in [4.78, 5) is 7.44. The van der Waals surface area contributed by atoms with Crippen LogP contribution in [0.15, 0.2) is 6.07 Å². The van der Waals surface area contributed by atoms with E-state index in [4.69, 9.17) is 15.6 Å². The zero-order valence-electron chi connectivity index (χ0n) is 10.4. The van der Waals surface area contributed by atoms with Gasteiger partial charge >= 0.3 is 16.8 Å². The number of rotatable bonds is 2. The van der Waals surface area contributed by atoms with Gasteiger partial charge in [0.05, 0.1) is 7.11 Å². The van der Waals surface area contributed by atoms with Crippen LogP contribution in [0.2, 0.25) is 0 Å². The summed E-state index contributed by atoms with van der Waals surface area (Å²) >= 11 is 0. The van der Waals surface area contributed by atoms with Crippen LogP contribution < -0.4 is 4.74 Å². The fourth-order valence-corrected chi connectivity index (χ4v) is 0.644. The van der Waals surface area contributed by atoms with E-state index in [-0.39, 0.29) is 22.7 Å². The number of aryl methyl sites for hydroxylation is 1. The monoisotopic (exact) mass is 320 g/mol. The van der Waals surface area contributed by atoms with Crippen LogP contribution in [-0.2, 0) is 27.0 Å². The van der Waals surface area contributed by atoms with Crippen molar-refractivity contribution in [1.82, 2.24) is 14.3 Å². The minimum Gasteiger partial charge on any atom is -0.550 e. The molecule has 0 saturated heterocycles. The zero-order valence-corrected chi connectivity index (χ0v) is 12.2. The van der Waals surface area contributed by atoms with Crippen molar-refractivity contribution in [3.63, 3.8) is 0 Å². The fraction of sp³-hybridized carbons (Fsp3) is 0.500. The van der Waals surface area contributed by atoms with Crippen LogP contribution in [0, 0.1) is 6.92 Å². The molecule has 0 bridgehead atoms. The molecule has 1 aromatic rings. The molecule has 0 atom stereocenters. The second kappa shape index (κ2) is 8.21. The number of aromatic nitrogens is 2. The van der Waals surface area contributed by atoms with E-state index in [1.165, 1.54) is 21.2 Å². The number of hydrogen-bond donors (Lipinski definition) is 0. The number of ether oxygens (including phenoxy) is 1. The van der Waals surface area contributed by atoms with E-state index in [1.54, 1.807) is 13.0 Å². The van der Waals surface area contributed by atoms with Crippen LogP contribution in [0.4, 0.5) is 5.95 Å². The van der Waals surface area contributed by atoms with Crippen molar-refractivity contribution >= 4 is 16.2 Å². The van der Waals surface area contributed by atoms with Crippen molar-refractivity contribution in [1.29, 1.82) is 0 Å². The second-order valence-corrected chi connectivity index (χ2v) is 4.84. The maximum Gasteiger partial charge on any atom is 2.00 e. The first-order valence-corrected chi connectivity index (χ1v) is 5.89. The Bertz CT molecular complexity index is 446. The van der Waals surface area contributed by atoms with Crippen LogP contribution in [0.25, 0.3) is 10.9 Å². The number of nitrogens with zero attached hydrogens (tertiary/aromatic N) is 3. The van der Waals surface area contributed by atoms with Crippen molar-refractivity contribution in [3.8, 4) is 5.88 Å². The molecule has 2 N–H and O–H groups in total. The van der Waals surface area contributed by atoms with E-state index in [0.717, 1.165) is 10.00 Å². The molecule has 1 radical (unpaired) electrons. The Morgan fingerprint density at radius 3 is 2.06 bits per heavy atom. The Labute approximate surface area is 117 Å². The number of nitrogens with one attached hydrogen (secondary N) is 2. The van der Waals surface area contributed by atoms with E-state index < -0.39 is 10.2 Å². The average molecular weight is 320 g/mol. The van der Waals surface area contributed by atoms with E-state index in [1.807, 2.05) is 0 Å². The van der Waals surface area contributed by atoms with Crippen molar-refractivity contribution in [2.75, 3.05) is 21.2 Å². The third-order valence-electron chi connectivity index (χ3n) is 1.52. The molecule has 0 amide bonds. The van der Waals surface area contributed by atoms with Gasteiger partial charge in [-0.3, -0.25) is 0 Å². The molecule has 8 nitrogen and oxygen atoms in total.